The van der Waals surface area contributed by atoms with E-state index in [-0.39, 0.29) is 31.1 Å². The van der Waals surface area contributed by atoms with Crippen LogP contribution in [-0.4, -0.2) is 37.2 Å². The minimum atomic E-state index is -0.777. The van der Waals surface area contributed by atoms with Gasteiger partial charge >= 0.3 is 17.9 Å². The van der Waals surface area contributed by atoms with Gasteiger partial charge in [-0.2, -0.15) is 0 Å². The molecule has 0 bridgehead atoms. The maximum Gasteiger partial charge on any atom is 0.306 e. The molecule has 0 radical (unpaired) electrons. The fourth-order valence-electron chi connectivity index (χ4n) is 9.53. The third kappa shape index (κ3) is 61.7. The predicted molar refractivity (Wildman–Crippen MR) is 330 cm³/mol. The van der Waals surface area contributed by atoms with Crippen LogP contribution >= 0.6 is 0 Å². The van der Waals surface area contributed by atoms with Crippen LogP contribution in [-0.2, 0) is 28.6 Å². The topological polar surface area (TPSA) is 78.9 Å². The summed E-state index contributed by atoms with van der Waals surface area (Å²) < 4.78 is 16.9. The largest absolute Gasteiger partial charge is 0.462 e. The quantitative estimate of drug-likeness (QED) is 0.0261. The molecule has 0 heterocycles. The molecule has 1 atom stereocenters. The Kier molecular flexibility index (Phi) is 61.7. The molecule has 76 heavy (non-hydrogen) atoms. The maximum absolute atomic E-state index is 12.9. The number of carbonyl (C=O) groups excluding carboxylic acids is 3. The molecule has 0 aromatic heterocycles. The van der Waals surface area contributed by atoms with Crippen molar-refractivity contribution in [1.29, 1.82) is 0 Å². The Morgan fingerprint density at radius 3 is 0.816 bits per heavy atom. The highest BCUT2D eigenvalue weighted by atomic mass is 16.6. The average molecular weight is 1060 g/mol. The Bertz CT molecular complexity index is 1400. The summed E-state index contributed by atoms with van der Waals surface area (Å²) in [5.41, 5.74) is 0. The van der Waals surface area contributed by atoms with Crippen molar-refractivity contribution in [3.63, 3.8) is 0 Å². The molecule has 1 unspecified atom stereocenters. The monoisotopic (exact) mass is 1060 g/mol. The molecule has 0 N–H and O–H groups in total. The van der Waals surface area contributed by atoms with E-state index in [1.54, 1.807) is 0 Å². The zero-order chi connectivity index (χ0) is 55.0. The average Bonchev–Trinajstić information content (AvgIpc) is 3.42. The Morgan fingerprint density at radius 2 is 0.513 bits per heavy atom. The minimum absolute atomic E-state index is 0.0739. The van der Waals surface area contributed by atoms with Gasteiger partial charge in [-0.15, -0.1) is 0 Å². The Morgan fingerprint density at radius 1 is 0.276 bits per heavy atom. The molecule has 0 saturated carbocycles. The van der Waals surface area contributed by atoms with E-state index in [1.165, 1.54) is 199 Å². The van der Waals surface area contributed by atoms with Gasteiger partial charge in [0.1, 0.15) is 13.2 Å². The molecule has 0 aromatic rings. The number of esters is 3. The highest BCUT2D eigenvalue weighted by molar-refractivity contribution is 5.71. The van der Waals surface area contributed by atoms with E-state index in [1.807, 2.05) is 0 Å². The fourth-order valence-corrected chi connectivity index (χ4v) is 9.53. The van der Waals surface area contributed by atoms with Gasteiger partial charge in [0.05, 0.1) is 0 Å². The molecule has 6 nitrogen and oxygen atoms in total. The van der Waals surface area contributed by atoms with Gasteiger partial charge < -0.3 is 14.2 Å². The summed E-state index contributed by atoms with van der Waals surface area (Å²) >= 11 is 0. The first kappa shape index (κ1) is 72.8. The standard InChI is InChI=1S/C70H124O6/c1-4-7-10-13-16-19-22-24-26-28-30-31-32-33-34-35-36-37-38-39-40-42-43-45-48-51-54-57-60-63-69(72)75-66-67(65-74-68(71)62-59-56-53-50-47-21-18-15-12-9-6-3)76-70(73)64-61-58-55-52-49-46-44-41-29-27-25-23-20-17-14-11-8-5-2/h7,10,16,19-20,23-24,26-27,29-31,67H,4-6,8-9,11-15,17-18,21-22,25,28,32-66H2,1-3H3/b10-7-,19-16-,23-20-,26-24-,29-27-,31-30-. The van der Waals surface area contributed by atoms with Crippen LogP contribution in [0, 0.1) is 0 Å². The van der Waals surface area contributed by atoms with Crippen molar-refractivity contribution >= 4 is 17.9 Å². The summed E-state index contributed by atoms with van der Waals surface area (Å²) in [7, 11) is 0. The van der Waals surface area contributed by atoms with Gasteiger partial charge in [0, 0.05) is 19.3 Å². The van der Waals surface area contributed by atoms with Gasteiger partial charge in [0.15, 0.2) is 6.10 Å². The van der Waals surface area contributed by atoms with Gasteiger partial charge in [-0.25, -0.2) is 0 Å². The van der Waals surface area contributed by atoms with E-state index in [9.17, 15) is 14.4 Å². The lowest BCUT2D eigenvalue weighted by molar-refractivity contribution is -0.167. The van der Waals surface area contributed by atoms with E-state index in [0.29, 0.717) is 19.3 Å². The SMILES string of the molecule is CC/C=C\C/C=C\C/C=C\C/C=C\CCCCCCCCCCCCCCCCCCC(=O)OCC(COC(=O)CCCCCCCCCCCCC)OC(=O)CCCCCCCCC/C=C\C/C=C\CCCCCC. The Labute approximate surface area is 472 Å². The van der Waals surface area contributed by atoms with Gasteiger partial charge in [-0.1, -0.05) is 299 Å². The van der Waals surface area contributed by atoms with Crippen LogP contribution in [0.4, 0.5) is 0 Å². The number of unbranched alkanes of at least 4 members (excludes halogenated alkanes) is 37. The molecule has 0 amide bonds. The number of allylic oxidation sites excluding steroid dienone is 12. The lowest BCUT2D eigenvalue weighted by Crippen LogP contribution is -2.30. The van der Waals surface area contributed by atoms with Crippen molar-refractivity contribution in [2.24, 2.45) is 0 Å². The van der Waals surface area contributed by atoms with Crippen LogP contribution in [0.5, 0.6) is 0 Å². The molecule has 0 aliphatic rings. The first-order valence-electron chi connectivity index (χ1n) is 32.9. The van der Waals surface area contributed by atoms with Crippen LogP contribution in [0.15, 0.2) is 72.9 Å². The second-order valence-corrected chi connectivity index (χ2v) is 22.0. The van der Waals surface area contributed by atoms with Crippen LogP contribution < -0.4 is 0 Å². The third-order valence-electron chi connectivity index (χ3n) is 14.4. The van der Waals surface area contributed by atoms with E-state index >= 15 is 0 Å². The second-order valence-electron chi connectivity index (χ2n) is 22.0. The summed E-state index contributed by atoms with van der Waals surface area (Å²) in [4.78, 5) is 38.3. The normalized spacial score (nSPS) is 12.5. The zero-order valence-electron chi connectivity index (χ0n) is 50.5. The maximum atomic E-state index is 12.9. The molecule has 0 rings (SSSR count). The van der Waals surface area contributed by atoms with E-state index < -0.39 is 6.10 Å². The summed E-state index contributed by atoms with van der Waals surface area (Å²) in [6, 6.07) is 0. The smallest absolute Gasteiger partial charge is 0.306 e. The van der Waals surface area contributed by atoms with Gasteiger partial charge in [-0.05, 0) is 89.9 Å². The molecular weight excluding hydrogens is 937 g/mol. The van der Waals surface area contributed by atoms with Gasteiger partial charge in [0.25, 0.3) is 0 Å². The fraction of sp³-hybridized carbons (Fsp3) is 0.786. The van der Waals surface area contributed by atoms with Gasteiger partial charge in [0.2, 0.25) is 0 Å². The highest BCUT2D eigenvalue weighted by Crippen LogP contribution is 2.17. The Hall–Kier alpha value is -3.15. The van der Waals surface area contributed by atoms with Crippen molar-refractivity contribution in [2.75, 3.05) is 13.2 Å². The van der Waals surface area contributed by atoms with E-state index in [0.717, 1.165) is 96.3 Å². The van der Waals surface area contributed by atoms with E-state index in [4.69, 9.17) is 14.2 Å². The third-order valence-corrected chi connectivity index (χ3v) is 14.4. The van der Waals surface area contributed by atoms with Gasteiger partial charge in [-0.3, -0.25) is 14.4 Å². The predicted octanol–water partition coefficient (Wildman–Crippen LogP) is 22.5. The number of ether oxygens (including phenoxy) is 3. The van der Waals surface area contributed by atoms with Crippen LogP contribution in [0.2, 0.25) is 0 Å². The number of hydrogen-bond acceptors (Lipinski definition) is 6. The van der Waals surface area contributed by atoms with Crippen LogP contribution in [0.25, 0.3) is 0 Å². The van der Waals surface area contributed by atoms with Crippen molar-refractivity contribution in [3.05, 3.63) is 72.9 Å². The summed E-state index contributed by atoms with van der Waals surface area (Å²) in [5, 5.41) is 0. The lowest BCUT2D eigenvalue weighted by atomic mass is 10.0. The summed E-state index contributed by atoms with van der Waals surface area (Å²) in [5.74, 6) is -0.865. The minimum Gasteiger partial charge on any atom is -0.462 e. The van der Waals surface area contributed by atoms with Crippen molar-refractivity contribution in [1.82, 2.24) is 0 Å². The number of hydrogen-bond donors (Lipinski definition) is 0. The second kappa shape index (κ2) is 64.4. The van der Waals surface area contributed by atoms with E-state index in [2.05, 4.69) is 93.7 Å². The molecule has 0 aliphatic heterocycles. The molecule has 0 saturated heterocycles. The number of rotatable bonds is 60. The summed E-state index contributed by atoms with van der Waals surface area (Å²) in [6.45, 7) is 6.54. The molecule has 0 aliphatic carbocycles. The zero-order valence-corrected chi connectivity index (χ0v) is 50.5. The van der Waals surface area contributed by atoms with Crippen molar-refractivity contribution < 1.29 is 28.6 Å². The molecule has 6 heteroatoms. The molecule has 0 spiro atoms. The first-order chi connectivity index (χ1) is 37.5. The van der Waals surface area contributed by atoms with Crippen molar-refractivity contribution in [2.45, 2.75) is 341 Å². The van der Waals surface area contributed by atoms with Crippen molar-refractivity contribution in [3.8, 4) is 0 Å². The summed E-state index contributed by atoms with van der Waals surface area (Å²) in [6.07, 6.45) is 83.5. The Balaban J connectivity index is 4.19. The highest BCUT2D eigenvalue weighted by Gasteiger charge is 2.19. The first-order valence-corrected chi connectivity index (χ1v) is 32.9. The number of carbonyl (C=O) groups is 3. The molecule has 0 aromatic carbocycles. The lowest BCUT2D eigenvalue weighted by Gasteiger charge is -2.18. The van der Waals surface area contributed by atoms with Crippen LogP contribution in [0.1, 0.15) is 335 Å². The van der Waals surface area contributed by atoms with Crippen LogP contribution in [0.3, 0.4) is 0 Å². The molecule has 440 valence electrons. The molecular formula is C70H124O6. The molecule has 0 fully saturated rings.